The minimum absolute atomic E-state index is 0.391. The van der Waals surface area contributed by atoms with Gasteiger partial charge in [0, 0.05) is 18.3 Å². The summed E-state index contributed by atoms with van der Waals surface area (Å²) < 4.78 is 7.99. The minimum Gasteiger partial charge on any atom is -0.383 e. The van der Waals surface area contributed by atoms with Gasteiger partial charge in [0.15, 0.2) is 0 Å². The Hall–Kier alpha value is -1.62. The first-order valence-electron chi connectivity index (χ1n) is 7.25. The lowest BCUT2D eigenvalue weighted by atomic mass is 9.88. The maximum Gasteiger partial charge on any atom is 0.146 e. The highest BCUT2D eigenvalue weighted by molar-refractivity contribution is 5.91. The van der Waals surface area contributed by atoms with Gasteiger partial charge in [-0.15, -0.1) is 0 Å². The number of aromatic nitrogens is 3. The number of rotatable bonds is 3. The zero-order chi connectivity index (χ0) is 14.4. The van der Waals surface area contributed by atoms with Crippen molar-refractivity contribution in [3.05, 3.63) is 17.1 Å². The second-order valence-corrected chi connectivity index (χ2v) is 5.64. The fraction of sp³-hybridized carbons (Fsp3) is 0.600. The second kappa shape index (κ2) is 4.74. The van der Waals surface area contributed by atoms with Crippen molar-refractivity contribution in [1.82, 2.24) is 14.5 Å². The van der Waals surface area contributed by atoms with Gasteiger partial charge in [-0.05, 0) is 46.1 Å². The molecule has 1 aliphatic carbocycles. The summed E-state index contributed by atoms with van der Waals surface area (Å²) in [6, 6.07) is 0.469. The topological polar surface area (TPSA) is 66.0 Å². The molecular weight excluding hydrogens is 252 g/mol. The van der Waals surface area contributed by atoms with E-state index < -0.39 is 0 Å². The van der Waals surface area contributed by atoms with Gasteiger partial charge in [-0.2, -0.15) is 0 Å². The highest BCUT2D eigenvalue weighted by Crippen LogP contribution is 2.40. The fourth-order valence-electron chi connectivity index (χ4n) is 3.20. The van der Waals surface area contributed by atoms with Gasteiger partial charge in [0.2, 0.25) is 0 Å². The van der Waals surface area contributed by atoms with E-state index in [0.717, 1.165) is 36.3 Å². The van der Waals surface area contributed by atoms with Crippen LogP contribution in [-0.4, -0.2) is 27.2 Å². The number of anilines is 1. The average molecular weight is 274 g/mol. The lowest BCUT2D eigenvalue weighted by Crippen LogP contribution is -2.34. The van der Waals surface area contributed by atoms with Gasteiger partial charge in [-0.25, -0.2) is 9.97 Å². The SMILES string of the molecule is CCOC1CC(n2c(C)c(C)c3c(N)nc(C)nc32)C1. The number of aryl methyl sites for hydroxylation is 2. The van der Waals surface area contributed by atoms with E-state index in [9.17, 15) is 0 Å². The van der Waals surface area contributed by atoms with Crippen LogP contribution < -0.4 is 5.73 Å². The summed E-state index contributed by atoms with van der Waals surface area (Å²) in [6.45, 7) is 8.96. The molecule has 2 heterocycles. The summed E-state index contributed by atoms with van der Waals surface area (Å²) >= 11 is 0. The summed E-state index contributed by atoms with van der Waals surface area (Å²) in [5, 5.41) is 1.01. The van der Waals surface area contributed by atoms with Crippen molar-refractivity contribution >= 4 is 16.9 Å². The maximum atomic E-state index is 6.09. The molecule has 1 fully saturated rings. The van der Waals surface area contributed by atoms with Crippen molar-refractivity contribution in [3.63, 3.8) is 0 Å². The molecule has 2 aromatic rings. The molecular formula is C15H22N4O. The van der Waals surface area contributed by atoms with Crippen LogP contribution in [0.15, 0.2) is 0 Å². The first-order valence-corrected chi connectivity index (χ1v) is 7.25. The number of fused-ring (bicyclic) bond motifs is 1. The van der Waals surface area contributed by atoms with Crippen LogP contribution in [-0.2, 0) is 4.74 Å². The summed E-state index contributed by atoms with van der Waals surface area (Å²) in [5.74, 6) is 1.32. The van der Waals surface area contributed by atoms with E-state index in [1.807, 2.05) is 13.8 Å². The van der Waals surface area contributed by atoms with Crippen LogP contribution in [0.2, 0.25) is 0 Å². The monoisotopic (exact) mass is 274 g/mol. The zero-order valence-electron chi connectivity index (χ0n) is 12.6. The molecule has 0 saturated heterocycles. The van der Waals surface area contributed by atoms with Crippen molar-refractivity contribution in [2.45, 2.75) is 52.7 Å². The van der Waals surface area contributed by atoms with E-state index in [1.165, 1.54) is 11.3 Å². The number of hydrogen-bond donors (Lipinski definition) is 1. The molecule has 0 atom stereocenters. The van der Waals surface area contributed by atoms with Crippen LogP contribution in [0.5, 0.6) is 0 Å². The van der Waals surface area contributed by atoms with E-state index in [0.29, 0.717) is 18.0 Å². The highest BCUT2D eigenvalue weighted by atomic mass is 16.5. The Morgan fingerprint density at radius 2 is 1.95 bits per heavy atom. The van der Waals surface area contributed by atoms with Crippen LogP contribution in [0.3, 0.4) is 0 Å². The second-order valence-electron chi connectivity index (χ2n) is 5.64. The van der Waals surface area contributed by atoms with Crippen molar-refractivity contribution in [3.8, 4) is 0 Å². The molecule has 3 rings (SSSR count). The van der Waals surface area contributed by atoms with Crippen molar-refractivity contribution in [2.24, 2.45) is 0 Å². The predicted molar refractivity (Wildman–Crippen MR) is 79.8 cm³/mol. The van der Waals surface area contributed by atoms with Gasteiger partial charge in [0.25, 0.3) is 0 Å². The molecule has 0 radical (unpaired) electrons. The van der Waals surface area contributed by atoms with Gasteiger partial charge in [-0.1, -0.05) is 0 Å². The minimum atomic E-state index is 0.391. The number of nitrogens with zero attached hydrogens (tertiary/aromatic N) is 3. The molecule has 2 N–H and O–H groups in total. The van der Waals surface area contributed by atoms with Crippen molar-refractivity contribution in [1.29, 1.82) is 0 Å². The molecule has 0 spiro atoms. The third kappa shape index (κ3) is 1.88. The van der Waals surface area contributed by atoms with Gasteiger partial charge >= 0.3 is 0 Å². The largest absolute Gasteiger partial charge is 0.383 e. The summed E-state index contributed by atoms with van der Waals surface area (Å²) in [4.78, 5) is 8.92. The van der Waals surface area contributed by atoms with Crippen LogP contribution in [0.4, 0.5) is 5.82 Å². The summed E-state index contributed by atoms with van der Waals surface area (Å²) in [7, 11) is 0. The molecule has 2 aromatic heterocycles. The van der Waals surface area contributed by atoms with E-state index in [2.05, 4.69) is 28.4 Å². The number of nitrogens with two attached hydrogens (primary N) is 1. The molecule has 0 amide bonds. The number of nitrogen functional groups attached to an aromatic ring is 1. The molecule has 0 unspecified atom stereocenters. The normalized spacial score (nSPS) is 22.2. The molecule has 108 valence electrons. The highest BCUT2D eigenvalue weighted by Gasteiger charge is 2.33. The van der Waals surface area contributed by atoms with E-state index in [1.54, 1.807) is 0 Å². The van der Waals surface area contributed by atoms with Crippen molar-refractivity contribution in [2.75, 3.05) is 12.3 Å². The Balaban J connectivity index is 2.05. The Labute approximate surface area is 119 Å². The van der Waals surface area contributed by atoms with Gasteiger partial charge < -0.3 is 15.0 Å². The fourth-order valence-corrected chi connectivity index (χ4v) is 3.20. The van der Waals surface area contributed by atoms with Crippen molar-refractivity contribution < 1.29 is 4.74 Å². The first-order chi connectivity index (χ1) is 9.52. The van der Waals surface area contributed by atoms with Crippen LogP contribution in [0, 0.1) is 20.8 Å². The Kier molecular flexibility index (Phi) is 3.17. The lowest BCUT2D eigenvalue weighted by molar-refractivity contribution is -0.0191. The third-order valence-electron chi connectivity index (χ3n) is 4.37. The van der Waals surface area contributed by atoms with Gasteiger partial charge in [-0.3, -0.25) is 0 Å². The molecule has 5 nitrogen and oxygen atoms in total. The Morgan fingerprint density at radius 3 is 2.60 bits per heavy atom. The average Bonchev–Trinajstić information content (AvgIpc) is 2.57. The van der Waals surface area contributed by atoms with Crippen LogP contribution >= 0.6 is 0 Å². The number of ether oxygens (including phenoxy) is 1. The standard InChI is InChI=1S/C15H22N4O/c1-5-20-12-6-11(7-12)19-9(3)8(2)13-14(16)17-10(4)18-15(13)19/h11-12H,5-7H2,1-4H3,(H2,16,17,18). The first kappa shape index (κ1) is 13.4. The molecule has 0 bridgehead atoms. The maximum absolute atomic E-state index is 6.09. The molecule has 0 aromatic carbocycles. The molecule has 1 saturated carbocycles. The number of hydrogen-bond acceptors (Lipinski definition) is 4. The van der Waals surface area contributed by atoms with E-state index in [-0.39, 0.29) is 0 Å². The smallest absolute Gasteiger partial charge is 0.146 e. The molecule has 0 aliphatic heterocycles. The third-order valence-corrected chi connectivity index (χ3v) is 4.37. The van der Waals surface area contributed by atoms with Gasteiger partial charge in [0.05, 0.1) is 11.5 Å². The lowest BCUT2D eigenvalue weighted by Gasteiger charge is -2.37. The summed E-state index contributed by atoms with van der Waals surface area (Å²) in [6.07, 6.45) is 2.50. The molecule has 20 heavy (non-hydrogen) atoms. The molecule has 5 heteroatoms. The summed E-state index contributed by atoms with van der Waals surface area (Å²) in [5.41, 5.74) is 9.50. The Morgan fingerprint density at radius 1 is 1.25 bits per heavy atom. The zero-order valence-corrected chi connectivity index (χ0v) is 12.6. The predicted octanol–water partition coefficient (Wildman–Crippen LogP) is 2.68. The van der Waals surface area contributed by atoms with Crippen LogP contribution in [0.25, 0.3) is 11.0 Å². The van der Waals surface area contributed by atoms with Gasteiger partial charge in [0.1, 0.15) is 17.3 Å². The van der Waals surface area contributed by atoms with E-state index in [4.69, 9.17) is 10.5 Å². The molecule has 1 aliphatic rings. The van der Waals surface area contributed by atoms with E-state index >= 15 is 0 Å². The Bertz CT molecular complexity index is 656. The quantitative estimate of drug-likeness (QED) is 0.934. The van der Waals surface area contributed by atoms with Crippen LogP contribution in [0.1, 0.15) is 42.9 Å².